The number of nitrogens with zero attached hydrogens (tertiary/aromatic N) is 2. The van der Waals surface area contributed by atoms with Gasteiger partial charge in [0.05, 0.1) is 10.6 Å². The van der Waals surface area contributed by atoms with E-state index in [1.807, 2.05) is 0 Å². The van der Waals surface area contributed by atoms with E-state index in [9.17, 15) is 4.79 Å². The van der Waals surface area contributed by atoms with Crippen LogP contribution < -0.4 is 4.90 Å². The molecule has 0 fully saturated rings. The van der Waals surface area contributed by atoms with Gasteiger partial charge in [0, 0.05) is 13.1 Å². The summed E-state index contributed by atoms with van der Waals surface area (Å²) in [6.45, 7) is 10.5. The molecule has 0 amide bonds. The van der Waals surface area contributed by atoms with E-state index in [1.54, 1.807) is 0 Å². The van der Waals surface area contributed by atoms with Gasteiger partial charge in [-0.15, -0.1) is 0 Å². The molecule has 3 nitrogen and oxygen atoms in total. The fraction of sp³-hybridized carbons (Fsp3) is 0.692. The number of aldehydes is 1. The van der Waals surface area contributed by atoms with Crippen LogP contribution in [0.3, 0.4) is 0 Å². The quantitative estimate of drug-likeness (QED) is 0.695. The van der Waals surface area contributed by atoms with Crippen LogP contribution in [0.15, 0.2) is 0 Å². The van der Waals surface area contributed by atoms with Crippen molar-refractivity contribution < 1.29 is 4.79 Å². The summed E-state index contributed by atoms with van der Waals surface area (Å²) < 4.78 is 0. The second kappa shape index (κ2) is 6.74. The van der Waals surface area contributed by atoms with Gasteiger partial charge in [0.25, 0.3) is 0 Å². The Morgan fingerprint density at radius 2 is 1.88 bits per heavy atom. The number of rotatable bonds is 7. The third kappa shape index (κ3) is 3.53. The van der Waals surface area contributed by atoms with Crippen molar-refractivity contribution in [2.75, 3.05) is 18.0 Å². The molecule has 0 bridgehead atoms. The molecule has 0 saturated carbocycles. The lowest BCUT2D eigenvalue weighted by molar-refractivity contribution is 0.112. The second-order valence-electron chi connectivity index (χ2n) is 4.51. The Morgan fingerprint density at radius 3 is 2.24 bits per heavy atom. The molecule has 0 atom stereocenters. The normalized spacial score (nSPS) is 10.9. The van der Waals surface area contributed by atoms with Gasteiger partial charge in [0.1, 0.15) is 0 Å². The van der Waals surface area contributed by atoms with Crippen LogP contribution in [0.1, 0.15) is 61.8 Å². The fourth-order valence-electron chi connectivity index (χ4n) is 1.81. The Hall–Kier alpha value is -0.900. The van der Waals surface area contributed by atoms with E-state index < -0.39 is 0 Å². The molecular weight excluding hydrogens is 232 g/mol. The van der Waals surface area contributed by atoms with Crippen LogP contribution in [0.25, 0.3) is 0 Å². The zero-order valence-electron chi connectivity index (χ0n) is 11.2. The molecule has 96 valence electrons. The van der Waals surface area contributed by atoms with Crippen LogP contribution in [0, 0.1) is 0 Å². The molecule has 4 heteroatoms. The van der Waals surface area contributed by atoms with Crippen molar-refractivity contribution in [3.05, 3.63) is 10.6 Å². The minimum absolute atomic E-state index is 0.310. The van der Waals surface area contributed by atoms with E-state index in [4.69, 9.17) is 0 Å². The maximum atomic E-state index is 11.0. The number of aromatic nitrogens is 1. The molecular formula is C13H22N2OS. The maximum absolute atomic E-state index is 11.0. The molecule has 0 aliphatic rings. The first-order chi connectivity index (χ1) is 8.13. The van der Waals surface area contributed by atoms with E-state index in [0.717, 1.165) is 47.9 Å². The monoisotopic (exact) mass is 254 g/mol. The van der Waals surface area contributed by atoms with Crippen molar-refractivity contribution in [2.45, 2.75) is 46.5 Å². The molecule has 0 spiro atoms. The summed E-state index contributed by atoms with van der Waals surface area (Å²) in [5.74, 6) is 0.310. The SMILES string of the molecule is CCCN(CCC)c1nc(C(C)C)c(C=O)s1. The van der Waals surface area contributed by atoms with Gasteiger partial charge in [0.2, 0.25) is 0 Å². The number of hydrogen-bond acceptors (Lipinski definition) is 4. The Bertz CT molecular complexity index is 354. The summed E-state index contributed by atoms with van der Waals surface area (Å²) in [6, 6.07) is 0. The first-order valence-corrected chi connectivity index (χ1v) is 7.16. The van der Waals surface area contributed by atoms with Crippen LogP contribution >= 0.6 is 11.3 Å². The fourth-order valence-corrected chi connectivity index (χ4v) is 2.89. The highest BCUT2D eigenvalue weighted by Gasteiger charge is 2.17. The summed E-state index contributed by atoms with van der Waals surface area (Å²) in [5, 5.41) is 1.000. The Kier molecular flexibility index (Phi) is 5.62. The number of carbonyl (C=O) groups is 1. The standard InChI is InChI=1S/C13H22N2OS/c1-5-7-15(8-6-2)13-14-12(10(3)4)11(9-16)17-13/h9-10H,5-8H2,1-4H3. The zero-order valence-corrected chi connectivity index (χ0v) is 12.0. The van der Waals surface area contributed by atoms with E-state index in [0.29, 0.717) is 5.92 Å². The van der Waals surface area contributed by atoms with E-state index in [-0.39, 0.29) is 0 Å². The minimum Gasteiger partial charge on any atom is -0.348 e. The smallest absolute Gasteiger partial charge is 0.186 e. The first kappa shape index (κ1) is 14.2. The van der Waals surface area contributed by atoms with Crippen molar-refractivity contribution in [1.82, 2.24) is 4.98 Å². The summed E-state index contributed by atoms with van der Waals surface area (Å²) in [4.78, 5) is 18.7. The number of anilines is 1. The third-order valence-corrected chi connectivity index (χ3v) is 3.64. The molecule has 17 heavy (non-hydrogen) atoms. The van der Waals surface area contributed by atoms with Gasteiger partial charge in [-0.25, -0.2) is 4.98 Å². The molecule has 0 aromatic carbocycles. The molecule has 1 heterocycles. The third-order valence-electron chi connectivity index (χ3n) is 2.58. The van der Waals surface area contributed by atoms with Crippen LogP contribution in [-0.2, 0) is 0 Å². The Balaban J connectivity index is 2.98. The van der Waals surface area contributed by atoms with Crippen molar-refractivity contribution >= 4 is 22.8 Å². The average molecular weight is 254 g/mol. The molecule has 0 radical (unpaired) electrons. The Labute approximate surface area is 108 Å². The van der Waals surface area contributed by atoms with Gasteiger partial charge in [-0.2, -0.15) is 0 Å². The predicted molar refractivity (Wildman–Crippen MR) is 74.4 cm³/mol. The summed E-state index contributed by atoms with van der Waals surface area (Å²) in [5.41, 5.74) is 0.942. The van der Waals surface area contributed by atoms with E-state index in [1.165, 1.54) is 11.3 Å². The molecule has 1 rings (SSSR count). The number of thiazole rings is 1. The van der Waals surface area contributed by atoms with Crippen molar-refractivity contribution in [2.24, 2.45) is 0 Å². The molecule has 0 unspecified atom stereocenters. The van der Waals surface area contributed by atoms with Crippen molar-refractivity contribution in [3.63, 3.8) is 0 Å². The van der Waals surface area contributed by atoms with Crippen LogP contribution in [-0.4, -0.2) is 24.4 Å². The maximum Gasteiger partial charge on any atom is 0.186 e. The van der Waals surface area contributed by atoms with E-state index in [2.05, 4.69) is 37.6 Å². The molecule has 0 aliphatic heterocycles. The number of hydrogen-bond donors (Lipinski definition) is 0. The van der Waals surface area contributed by atoms with Crippen LogP contribution in [0.5, 0.6) is 0 Å². The largest absolute Gasteiger partial charge is 0.348 e. The van der Waals surface area contributed by atoms with Gasteiger partial charge in [0.15, 0.2) is 11.4 Å². The lowest BCUT2D eigenvalue weighted by Gasteiger charge is -2.20. The molecule has 0 N–H and O–H groups in total. The summed E-state index contributed by atoms with van der Waals surface area (Å²) in [7, 11) is 0. The summed E-state index contributed by atoms with van der Waals surface area (Å²) in [6.07, 6.45) is 3.15. The highest BCUT2D eigenvalue weighted by atomic mass is 32.1. The lowest BCUT2D eigenvalue weighted by Crippen LogP contribution is -2.24. The predicted octanol–water partition coefficient (Wildman–Crippen LogP) is 3.71. The van der Waals surface area contributed by atoms with Gasteiger partial charge in [-0.3, -0.25) is 4.79 Å². The molecule has 1 aromatic heterocycles. The minimum atomic E-state index is 0.310. The van der Waals surface area contributed by atoms with Crippen molar-refractivity contribution in [1.29, 1.82) is 0 Å². The highest BCUT2D eigenvalue weighted by Crippen LogP contribution is 2.29. The van der Waals surface area contributed by atoms with Gasteiger partial charge < -0.3 is 4.90 Å². The van der Waals surface area contributed by atoms with Crippen molar-refractivity contribution in [3.8, 4) is 0 Å². The topological polar surface area (TPSA) is 33.2 Å². The second-order valence-corrected chi connectivity index (χ2v) is 5.51. The average Bonchev–Trinajstić information content (AvgIpc) is 2.72. The van der Waals surface area contributed by atoms with E-state index >= 15 is 0 Å². The highest BCUT2D eigenvalue weighted by molar-refractivity contribution is 7.17. The first-order valence-electron chi connectivity index (χ1n) is 6.34. The molecule has 0 aliphatic carbocycles. The number of carbonyl (C=O) groups excluding carboxylic acids is 1. The van der Waals surface area contributed by atoms with Gasteiger partial charge in [-0.1, -0.05) is 39.0 Å². The van der Waals surface area contributed by atoms with Gasteiger partial charge in [-0.05, 0) is 18.8 Å². The van der Waals surface area contributed by atoms with Gasteiger partial charge >= 0.3 is 0 Å². The van der Waals surface area contributed by atoms with Crippen LogP contribution in [0.2, 0.25) is 0 Å². The lowest BCUT2D eigenvalue weighted by atomic mass is 10.1. The summed E-state index contributed by atoms with van der Waals surface area (Å²) >= 11 is 1.52. The van der Waals surface area contributed by atoms with Crippen LogP contribution in [0.4, 0.5) is 5.13 Å². The molecule has 1 aromatic rings. The zero-order chi connectivity index (χ0) is 12.8. The Morgan fingerprint density at radius 1 is 1.29 bits per heavy atom. The molecule has 0 saturated heterocycles.